The number of carbonyl (C=O) groups is 4. The number of hydrogen-bond donors (Lipinski definition) is 2. The molecule has 0 unspecified atom stereocenters. The van der Waals surface area contributed by atoms with Crippen LogP contribution in [0, 0.1) is 76.2 Å². The second-order valence-electron chi connectivity index (χ2n) is 24.2. The third-order valence-corrected chi connectivity index (χ3v) is 19.7. The number of methoxy groups -OCH3 is 2. The molecule has 0 spiro atoms. The minimum absolute atomic E-state index is 0.0461. The van der Waals surface area contributed by atoms with Gasteiger partial charge >= 0.3 is 24.0 Å². The largest absolute Gasteiger partial charge is 0.466 e. The number of amidine groups is 2. The summed E-state index contributed by atoms with van der Waals surface area (Å²) in [5.41, 5.74) is 8.54. The molecule has 4 fully saturated rings. The van der Waals surface area contributed by atoms with Gasteiger partial charge in [0.1, 0.15) is 29.3 Å². The van der Waals surface area contributed by atoms with Crippen molar-refractivity contribution in [2.24, 2.45) is 9.98 Å². The van der Waals surface area contributed by atoms with Crippen molar-refractivity contribution >= 4 is 92.9 Å². The van der Waals surface area contributed by atoms with Gasteiger partial charge in [0, 0.05) is 132 Å². The van der Waals surface area contributed by atoms with Crippen molar-refractivity contribution in [1.82, 2.24) is 50.0 Å². The highest BCUT2D eigenvalue weighted by atomic mass is 35.5. The number of nitrogens with zero attached hydrogens (tertiary/aromatic N) is 12. The molecule has 6 aliphatic heterocycles. The van der Waals surface area contributed by atoms with Crippen LogP contribution in [0.3, 0.4) is 0 Å². The molecule has 4 saturated heterocycles. The molecular weight excluding hydrogens is 1310 g/mol. The molecule has 2 N–H and O–H groups in total. The molecule has 0 saturated carbocycles. The van der Waals surface area contributed by atoms with Crippen molar-refractivity contribution in [2.45, 2.75) is 71.2 Å². The van der Waals surface area contributed by atoms with E-state index in [1.165, 1.54) is 73.3 Å². The number of hydrogen-bond acceptors (Lipinski definition) is 16. The topological polar surface area (TPSA) is 189 Å². The van der Waals surface area contributed by atoms with E-state index < -0.39 is 41.2 Å². The molecule has 96 heavy (non-hydrogen) atoms. The van der Waals surface area contributed by atoms with Crippen LogP contribution >= 0.6 is 45.9 Å². The van der Waals surface area contributed by atoms with Crippen molar-refractivity contribution in [1.29, 1.82) is 0 Å². The van der Waals surface area contributed by atoms with Gasteiger partial charge in [-0.05, 0) is 88.1 Å². The number of rotatable bonds is 12. The van der Waals surface area contributed by atoms with Gasteiger partial charge in [0.2, 0.25) is 0 Å². The maximum atomic E-state index is 14.0. The summed E-state index contributed by atoms with van der Waals surface area (Å²) in [4.78, 5) is 90.9. The summed E-state index contributed by atoms with van der Waals surface area (Å²) in [7, 11) is 2.62. The Labute approximate surface area is 573 Å². The Morgan fingerprint density at radius 3 is 1.53 bits per heavy atom. The van der Waals surface area contributed by atoms with E-state index in [-0.39, 0.29) is 45.3 Å². The van der Waals surface area contributed by atoms with Crippen LogP contribution in [0.5, 0.6) is 0 Å². The maximum Gasteiger partial charge on any atom is 0.338 e. The quantitative estimate of drug-likeness (QED) is 0.0671. The minimum atomic E-state index is -0.857. The summed E-state index contributed by atoms with van der Waals surface area (Å²) < 4.78 is 38.5. The van der Waals surface area contributed by atoms with Crippen molar-refractivity contribution in [3.05, 3.63) is 205 Å². The molecule has 492 valence electrons. The normalized spacial score (nSPS) is 19.4. The number of fused-ring (bicyclic) bond motifs is 2. The number of ether oxygens (including phenoxy) is 2. The van der Waals surface area contributed by atoms with Crippen LogP contribution < -0.4 is 10.6 Å². The first-order valence-electron chi connectivity index (χ1n) is 30.7. The second kappa shape index (κ2) is 28.8. The zero-order valence-electron chi connectivity index (χ0n) is 53.8. The molecule has 6 aromatic rings. The van der Waals surface area contributed by atoms with Crippen molar-refractivity contribution in [3.8, 4) is 23.7 Å². The van der Waals surface area contributed by atoms with Crippen molar-refractivity contribution < 1.29 is 37.4 Å². The summed E-state index contributed by atoms with van der Waals surface area (Å²) in [6.07, 6.45) is 3.34. The number of urea groups is 2. The number of thiazole rings is 2. The monoisotopic (exact) mass is 1370 g/mol. The van der Waals surface area contributed by atoms with E-state index in [9.17, 15) is 28.0 Å². The molecule has 4 aromatic carbocycles. The number of aliphatic imine (C=N–C) groups is 2. The number of piperazine rings is 2. The third kappa shape index (κ3) is 14.4. The molecule has 4 amide bonds. The lowest BCUT2D eigenvalue weighted by molar-refractivity contribution is -0.137. The highest BCUT2D eigenvalue weighted by Gasteiger charge is 2.47. The number of halogens is 4. The van der Waals surface area contributed by atoms with Gasteiger partial charge < -0.3 is 39.7 Å². The van der Waals surface area contributed by atoms with Crippen LogP contribution in [0.25, 0.3) is 9.69 Å². The summed E-state index contributed by atoms with van der Waals surface area (Å²) in [6, 6.07) is 13.4. The lowest BCUT2D eigenvalue weighted by Gasteiger charge is -2.38. The number of carbonyl (C=O) groups excluding carboxylic acids is 4. The summed E-state index contributed by atoms with van der Waals surface area (Å²) in [5, 5.41) is 11.9. The van der Waals surface area contributed by atoms with Crippen LogP contribution in [-0.2, 0) is 19.1 Å². The first-order chi connectivity index (χ1) is 46.1. The van der Waals surface area contributed by atoms with Gasteiger partial charge in [0.05, 0.1) is 57.1 Å². The molecule has 20 nitrogen and oxygen atoms in total. The van der Waals surface area contributed by atoms with E-state index in [4.69, 9.17) is 55.8 Å². The number of aromatic nitrogens is 2. The number of benzene rings is 4. The van der Waals surface area contributed by atoms with Gasteiger partial charge in [-0.1, -0.05) is 83.3 Å². The van der Waals surface area contributed by atoms with Gasteiger partial charge in [0.25, 0.3) is 0 Å². The Kier molecular flexibility index (Phi) is 20.4. The molecule has 4 atom stereocenters. The predicted molar refractivity (Wildman–Crippen MR) is 365 cm³/mol. The molecule has 6 aliphatic rings. The molecule has 0 aliphatic carbocycles. The number of amides is 4. The molecule has 12 rings (SSSR count). The fraction of sp³-hybridized carbons (Fsp3) is 0.343. The lowest BCUT2D eigenvalue weighted by atomic mass is 9.95. The molecular formula is C70H66Cl2F2N14O6S2. The summed E-state index contributed by atoms with van der Waals surface area (Å²) in [5.74, 6) is 11.8. The number of aryl methyl sites for hydroxylation is 4. The highest BCUT2D eigenvalue weighted by molar-refractivity contribution is 7.12. The minimum Gasteiger partial charge on any atom is -0.466 e. The zero-order chi connectivity index (χ0) is 68.3. The Balaban J connectivity index is 0.000000195. The SMILES string of the molecule is [C-]#[N+]c1cc(C)c(C#CC(C)(C)N2C[C@@H]3CN(CC4=C(C(=O)OC)[C@H](c5ccc(F)cc5Cl)N=C(c5nccs5)N4)CCN3C2=O)c(C)c1.[C-]#[N+]c1cc(C)c(C#CCN2C[C@@H]3CN(CC4=C(C(=O)OC)[C@H](c5ccc(F)cc5Cl)N=C(c5nccs5)N4)CCN3C2=O)c(C)c1. The van der Waals surface area contributed by atoms with E-state index in [1.54, 1.807) is 17.3 Å². The van der Waals surface area contributed by atoms with Gasteiger partial charge in [-0.3, -0.25) is 19.8 Å². The van der Waals surface area contributed by atoms with E-state index in [1.807, 2.05) is 91.3 Å². The highest BCUT2D eigenvalue weighted by Crippen LogP contribution is 2.40. The van der Waals surface area contributed by atoms with Crippen LogP contribution in [-0.4, -0.2) is 179 Å². The summed E-state index contributed by atoms with van der Waals surface area (Å²) in [6.45, 7) is 31.6. The summed E-state index contributed by atoms with van der Waals surface area (Å²) >= 11 is 15.8. The van der Waals surface area contributed by atoms with E-state index in [0.29, 0.717) is 128 Å². The van der Waals surface area contributed by atoms with Crippen LogP contribution in [0.1, 0.15) is 80.5 Å². The average Bonchev–Trinajstić information content (AvgIpc) is 1.36. The van der Waals surface area contributed by atoms with Gasteiger partial charge in [-0.25, -0.2) is 47.6 Å². The van der Waals surface area contributed by atoms with Gasteiger partial charge in [-0.2, -0.15) is 0 Å². The number of esters is 2. The molecule has 8 heterocycles. The molecule has 26 heteroatoms. The Bertz CT molecular complexity index is 4420. The second-order valence-corrected chi connectivity index (χ2v) is 26.9. The van der Waals surface area contributed by atoms with Gasteiger partial charge in [-0.15, -0.1) is 22.7 Å². The molecule has 0 bridgehead atoms. The van der Waals surface area contributed by atoms with Gasteiger partial charge in [0.15, 0.2) is 33.1 Å². The fourth-order valence-corrected chi connectivity index (χ4v) is 14.5. The first kappa shape index (κ1) is 67.9. The first-order valence-corrected chi connectivity index (χ1v) is 33.2. The Morgan fingerprint density at radius 2 is 1.10 bits per heavy atom. The van der Waals surface area contributed by atoms with Crippen molar-refractivity contribution in [2.75, 3.05) is 86.2 Å². The Morgan fingerprint density at radius 1 is 0.656 bits per heavy atom. The van der Waals surface area contributed by atoms with E-state index >= 15 is 0 Å². The standard InChI is InChI=1S/C36H35ClFN7O3S.C34H31ClFN7O3S/c1-21-15-24(39-5)16-22(2)26(21)9-10-36(3,4)45-19-25-18-43(12-13-44(25)35(45)47)20-29-30(34(46)48-6)31(27-8-7-23(38)17-28(27)37)42-32(41-29)33-40-11-14-49-33;1-20-14-23(37-3)15-21(2)25(20)6-5-10-42-18-24-17-41(11-12-43(24)34(42)45)19-28-29(33(44)46-4)30(26-8-7-22(36)16-27(26)35)40-31(39-28)32-38-9-13-47-32/h7-8,11,14-17,25,31H,12-13,18-20H2,1-4,6H3,(H,41,42);7-9,13-16,24,30H,10-12,17-19H2,1-2,4H3,(H,39,40)/t25-,31-;24-,30-/m00/s1. The van der Waals surface area contributed by atoms with Crippen LogP contribution in [0.15, 0.2) is 116 Å². The number of nitrogens with one attached hydrogen (secondary N) is 2. The van der Waals surface area contributed by atoms with Crippen molar-refractivity contribution in [3.63, 3.8) is 0 Å². The predicted octanol–water partition coefficient (Wildman–Crippen LogP) is 11.0. The molecule has 0 radical (unpaired) electrons. The van der Waals surface area contributed by atoms with Crippen LogP contribution in [0.4, 0.5) is 29.7 Å². The van der Waals surface area contributed by atoms with E-state index in [0.717, 1.165) is 33.4 Å². The zero-order valence-corrected chi connectivity index (χ0v) is 57.0. The lowest BCUT2D eigenvalue weighted by Crippen LogP contribution is -2.53. The van der Waals surface area contributed by atoms with Crippen LogP contribution in [0.2, 0.25) is 10.0 Å². The molecule has 2 aromatic heterocycles. The Hall–Kier alpha value is -9.50. The third-order valence-electron chi connectivity index (χ3n) is 17.5. The fourth-order valence-electron chi connectivity index (χ4n) is 12.8. The maximum absolute atomic E-state index is 14.0. The average molecular weight is 1370 g/mol. The smallest absolute Gasteiger partial charge is 0.338 e. The van der Waals surface area contributed by atoms with E-state index in [2.05, 4.69) is 63.8 Å².